The van der Waals surface area contributed by atoms with Crippen molar-refractivity contribution in [3.8, 4) is 5.75 Å². The van der Waals surface area contributed by atoms with Crippen LogP contribution in [0.5, 0.6) is 5.75 Å². The molecule has 2 saturated heterocycles. The molecule has 3 aliphatic heterocycles. The standard InChI is InChI=1S/C26H35N3O5/c30-24-9-8-22(25(31)28-24)29-16-18-14-19(6-7-20(18)26(29)32)34-23-5-3-1-2-4-21(23)27-15-17-10-12-33-13-11-17/h6-7,14,17,21-23,27H,1-5,8-13,15-16H2,(H,28,30,31)/t21-,22?,23+/m0/s1. The van der Waals surface area contributed by atoms with E-state index in [4.69, 9.17) is 9.47 Å². The average Bonchev–Trinajstić information content (AvgIpc) is 3.00. The van der Waals surface area contributed by atoms with E-state index < -0.39 is 6.04 Å². The van der Waals surface area contributed by atoms with Gasteiger partial charge < -0.3 is 19.7 Å². The Kier molecular flexibility index (Phi) is 7.15. The molecule has 0 bridgehead atoms. The molecule has 3 heterocycles. The van der Waals surface area contributed by atoms with Crippen molar-refractivity contribution in [3.05, 3.63) is 29.3 Å². The van der Waals surface area contributed by atoms with Gasteiger partial charge in [-0.2, -0.15) is 0 Å². The average molecular weight is 470 g/mol. The Morgan fingerprint density at radius 1 is 1.03 bits per heavy atom. The third kappa shape index (κ3) is 5.13. The van der Waals surface area contributed by atoms with Crippen LogP contribution >= 0.6 is 0 Å². The Morgan fingerprint density at radius 2 is 1.85 bits per heavy atom. The molecular formula is C26H35N3O5. The molecule has 3 fully saturated rings. The Labute approximate surface area is 200 Å². The first-order chi connectivity index (χ1) is 16.6. The number of hydrogen-bond donors (Lipinski definition) is 2. The van der Waals surface area contributed by atoms with Crippen LogP contribution in [0.15, 0.2) is 18.2 Å². The monoisotopic (exact) mass is 469 g/mol. The van der Waals surface area contributed by atoms with E-state index in [0.29, 0.717) is 30.5 Å². The summed E-state index contributed by atoms with van der Waals surface area (Å²) in [5.74, 6) is 0.639. The Hall–Kier alpha value is -2.45. The molecular weight excluding hydrogens is 434 g/mol. The van der Waals surface area contributed by atoms with Gasteiger partial charge >= 0.3 is 0 Å². The Morgan fingerprint density at radius 3 is 2.68 bits per heavy atom. The Balaban J connectivity index is 1.24. The fourth-order valence-electron chi connectivity index (χ4n) is 5.72. The largest absolute Gasteiger partial charge is 0.489 e. The van der Waals surface area contributed by atoms with Gasteiger partial charge in [-0.25, -0.2) is 0 Å². The maximum atomic E-state index is 13.0. The van der Waals surface area contributed by atoms with Gasteiger partial charge in [0.2, 0.25) is 11.8 Å². The lowest BCUT2D eigenvalue weighted by atomic mass is 9.98. The number of piperidine rings is 1. The minimum absolute atomic E-state index is 0.101. The predicted molar refractivity (Wildman–Crippen MR) is 125 cm³/mol. The highest BCUT2D eigenvalue weighted by Crippen LogP contribution is 2.32. The second-order valence-corrected chi connectivity index (χ2v) is 10.1. The van der Waals surface area contributed by atoms with E-state index in [0.717, 1.165) is 63.2 Å². The highest BCUT2D eigenvalue weighted by atomic mass is 16.5. The summed E-state index contributed by atoms with van der Waals surface area (Å²) in [5, 5.41) is 6.16. The van der Waals surface area contributed by atoms with Crippen LogP contribution < -0.4 is 15.4 Å². The van der Waals surface area contributed by atoms with E-state index in [1.54, 1.807) is 4.90 Å². The maximum absolute atomic E-state index is 13.0. The molecule has 3 amide bonds. The molecule has 0 radical (unpaired) electrons. The van der Waals surface area contributed by atoms with Gasteiger partial charge in [0.15, 0.2) is 0 Å². The molecule has 34 heavy (non-hydrogen) atoms. The summed E-state index contributed by atoms with van der Waals surface area (Å²) < 4.78 is 12.0. The van der Waals surface area contributed by atoms with E-state index in [1.807, 2.05) is 18.2 Å². The summed E-state index contributed by atoms with van der Waals surface area (Å²) in [4.78, 5) is 38.3. The molecule has 1 aromatic rings. The number of benzene rings is 1. The quantitative estimate of drug-likeness (QED) is 0.491. The summed E-state index contributed by atoms with van der Waals surface area (Å²) in [6.45, 7) is 3.10. The van der Waals surface area contributed by atoms with E-state index in [2.05, 4.69) is 10.6 Å². The van der Waals surface area contributed by atoms with Crippen molar-refractivity contribution in [2.45, 2.75) is 82.5 Å². The number of fused-ring (bicyclic) bond motifs is 1. The number of imide groups is 1. The van der Waals surface area contributed by atoms with Crippen molar-refractivity contribution in [2.75, 3.05) is 19.8 Å². The minimum atomic E-state index is -0.595. The van der Waals surface area contributed by atoms with Gasteiger partial charge in [0.25, 0.3) is 5.91 Å². The van der Waals surface area contributed by atoms with E-state index >= 15 is 0 Å². The van der Waals surface area contributed by atoms with Crippen LogP contribution in [0.25, 0.3) is 0 Å². The number of hydrogen-bond acceptors (Lipinski definition) is 6. The SMILES string of the molecule is O=C1CCC(N2Cc3cc(O[C@@H]4CCCCC[C@@H]4NCC4CCOCC4)ccc3C2=O)C(=O)N1. The summed E-state index contributed by atoms with van der Waals surface area (Å²) in [6, 6.07) is 5.38. The molecule has 3 atom stereocenters. The van der Waals surface area contributed by atoms with Crippen LogP contribution in [0.4, 0.5) is 0 Å². The molecule has 4 aliphatic rings. The van der Waals surface area contributed by atoms with Crippen LogP contribution in [0.2, 0.25) is 0 Å². The van der Waals surface area contributed by atoms with Crippen LogP contribution in [-0.2, 0) is 20.9 Å². The number of nitrogens with zero attached hydrogens (tertiary/aromatic N) is 1. The molecule has 1 unspecified atom stereocenters. The number of ether oxygens (including phenoxy) is 2. The molecule has 2 N–H and O–H groups in total. The molecule has 8 heteroatoms. The van der Waals surface area contributed by atoms with Crippen molar-refractivity contribution in [1.29, 1.82) is 0 Å². The van der Waals surface area contributed by atoms with Crippen LogP contribution in [0, 0.1) is 5.92 Å². The summed E-state index contributed by atoms with van der Waals surface area (Å²) in [6.07, 6.45) is 8.70. The zero-order chi connectivity index (χ0) is 23.5. The third-order valence-corrected chi connectivity index (χ3v) is 7.74. The second kappa shape index (κ2) is 10.4. The molecule has 1 saturated carbocycles. The highest BCUT2D eigenvalue weighted by Gasteiger charge is 2.39. The Bertz CT molecular complexity index is 929. The highest BCUT2D eigenvalue weighted by molar-refractivity contribution is 6.05. The van der Waals surface area contributed by atoms with Crippen molar-refractivity contribution >= 4 is 17.7 Å². The van der Waals surface area contributed by atoms with Gasteiger partial charge in [-0.05, 0) is 74.8 Å². The fourth-order valence-corrected chi connectivity index (χ4v) is 5.72. The first-order valence-electron chi connectivity index (χ1n) is 12.8. The van der Waals surface area contributed by atoms with Crippen molar-refractivity contribution < 1.29 is 23.9 Å². The third-order valence-electron chi connectivity index (χ3n) is 7.74. The smallest absolute Gasteiger partial charge is 0.255 e. The lowest BCUT2D eigenvalue weighted by Crippen LogP contribution is -2.52. The van der Waals surface area contributed by atoms with Gasteiger partial charge in [-0.3, -0.25) is 19.7 Å². The molecule has 0 spiro atoms. The van der Waals surface area contributed by atoms with Crippen molar-refractivity contribution in [2.24, 2.45) is 5.92 Å². The molecule has 5 rings (SSSR count). The zero-order valence-corrected chi connectivity index (χ0v) is 19.7. The number of nitrogens with one attached hydrogen (secondary N) is 2. The van der Waals surface area contributed by atoms with Crippen LogP contribution in [-0.4, -0.2) is 60.6 Å². The van der Waals surface area contributed by atoms with Gasteiger partial charge in [-0.1, -0.05) is 12.8 Å². The van der Waals surface area contributed by atoms with Crippen LogP contribution in [0.3, 0.4) is 0 Å². The number of carbonyl (C=O) groups is 3. The molecule has 1 aromatic carbocycles. The van der Waals surface area contributed by atoms with Gasteiger partial charge in [0.1, 0.15) is 17.9 Å². The molecule has 184 valence electrons. The summed E-state index contributed by atoms with van der Waals surface area (Å²) in [7, 11) is 0. The normalized spacial score (nSPS) is 28.4. The first kappa shape index (κ1) is 23.3. The van der Waals surface area contributed by atoms with Gasteiger partial charge in [0, 0.05) is 37.8 Å². The van der Waals surface area contributed by atoms with Crippen LogP contribution in [0.1, 0.15) is 73.7 Å². The van der Waals surface area contributed by atoms with E-state index in [1.165, 1.54) is 12.8 Å². The first-order valence-corrected chi connectivity index (χ1v) is 12.8. The maximum Gasteiger partial charge on any atom is 0.255 e. The van der Waals surface area contributed by atoms with E-state index in [-0.39, 0.29) is 30.2 Å². The second-order valence-electron chi connectivity index (χ2n) is 10.1. The molecule has 0 aromatic heterocycles. The van der Waals surface area contributed by atoms with E-state index in [9.17, 15) is 14.4 Å². The molecule has 8 nitrogen and oxygen atoms in total. The zero-order valence-electron chi connectivity index (χ0n) is 19.7. The van der Waals surface area contributed by atoms with Gasteiger partial charge in [0.05, 0.1) is 0 Å². The number of rotatable bonds is 6. The minimum Gasteiger partial charge on any atom is -0.489 e. The lowest BCUT2D eigenvalue weighted by molar-refractivity contribution is -0.136. The fraction of sp³-hybridized carbons (Fsp3) is 0.654. The van der Waals surface area contributed by atoms with Gasteiger partial charge in [-0.15, -0.1) is 0 Å². The summed E-state index contributed by atoms with van der Waals surface area (Å²) in [5.41, 5.74) is 1.50. The number of carbonyl (C=O) groups excluding carboxylic acids is 3. The van der Waals surface area contributed by atoms with Crippen molar-refractivity contribution in [1.82, 2.24) is 15.5 Å². The summed E-state index contributed by atoms with van der Waals surface area (Å²) >= 11 is 0. The number of amides is 3. The van der Waals surface area contributed by atoms with Crippen molar-refractivity contribution in [3.63, 3.8) is 0 Å². The topological polar surface area (TPSA) is 97.0 Å². The molecule has 1 aliphatic carbocycles. The lowest BCUT2D eigenvalue weighted by Gasteiger charge is -2.30. The predicted octanol–water partition coefficient (Wildman–Crippen LogP) is 2.54.